The van der Waals surface area contributed by atoms with Crippen molar-refractivity contribution in [1.82, 2.24) is 0 Å². The third-order valence-electron chi connectivity index (χ3n) is 4.28. The van der Waals surface area contributed by atoms with Gasteiger partial charge in [-0.2, -0.15) is 0 Å². The number of hydrogen-bond donors (Lipinski definition) is 0. The number of aryl methyl sites for hydroxylation is 1. The molecule has 0 bridgehead atoms. The summed E-state index contributed by atoms with van der Waals surface area (Å²) < 4.78 is 33.4. The van der Waals surface area contributed by atoms with Crippen LogP contribution in [0.1, 0.15) is 12.5 Å². The summed E-state index contributed by atoms with van der Waals surface area (Å²) in [5, 5.41) is 0.584. The van der Waals surface area contributed by atoms with Crippen molar-refractivity contribution < 1.29 is 13.2 Å². The van der Waals surface area contributed by atoms with Gasteiger partial charge in [0, 0.05) is 5.02 Å². The van der Waals surface area contributed by atoms with Crippen molar-refractivity contribution in [2.24, 2.45) is 4.99 Å². The Bertz CT molecular complexity index is 1110. The molecular formula is C22H21ClN2O3S. The zero-order valence-corrected chi connectivity index (χ0v) is 17.9. The normalized spacial score (nSPS) is 11.9. The lowest BCUT2D eigenvalue weighted by Gasteiger charge is -2.24. The molecule has 5 nitrogen and oxygen atoms in total. The van der Waals surface area contributed by atoms with E-state index in [2.05, 4.69) is 4.99 Å². The average Bonchev–Trinajstić information content (AvgIpc) is 2.70. The van der Waals surface area contributed by atoms with E-state index < -0.39 is 10.0 Å². The van der Waals surface area contributed by atoms with Crippen LogP contribution in [0.4, 0.5) is 11.4 Å². The van der Waals surface area contributed by atoms with Gasteiger partial charge in [0.05, 0.1) is 23.4 Å². The minimum Gasteiger partial charge on any atom is -0.497 e. The van der Waals surface area contributed by atoms with E-state index >= 15 is 0 Å². The van der Waals surface area contributed by atoms with E-state index in [-0.39, 0.29) is 4.90 Å². The Labute approximate surface area is 176 Å². The van der Waals surface area contributed by atoms with Crippen LogP contribution >= 0.6 is 11.6 Å². The molecule has 0 aliphatic rings. The third kappa shape index (κ3) is 4.78. The van der Waals surface area contributed by atoms with Gasteiger partial charge in [0.15, 0.2) is 0 Å². The van der Waals surface area contributed by atoms with Crippen LogP contribution in [0, 0.1) is 6.92 Å². The molecule has 3 aromatic rings. The second-order valence-electron chi connectivity index (χ2n) is 6.42. The molecule has 150 valence electrons. The molecule has 0 spiro atoms. The molecule has 29 heavy (non-hydrogen) atoms. The van der Waals surface area contributed by atoms with Gasteiger partial charge in [-0.05, 0) is 74.5 Å². The van der Waals surface area contributed by atoms with Crippen molar-refractivity contribution in [1.29, 1.82) is 0 Å². The Morgan fingerprint density at radius 3 is 2.07 bits per heavy atom. The molecule has 0 atom stereocenters. The molecule has 0 radical (unpaired) electrons. The number of anilines is 1. The van der Waals surface area contributed by atoms with Crippen LogP contribution in [-0.4, -0.2) is 21.4 Å². The lowest BCUT2D eigenvalue weighted by molar-refractivity contribution is 0.415. The summed E-state index contributed by atoms with van der Waals surface area (Å²) in [6.07, 6.45) is 0. The molecular weight excluding hydrogens is 408 g/mol. The van der Waals surface area contributed by atoms with Crippen LogP contribution in [0.15, 0.2) is 82.7 Å². The van der Waals surface area contributed by atoms with E-state index in [1.165, 1.54) is 4.31 Å². The smallest absolute Gasteiger partial charge is 0.269 e. The van der Waals surface area contributed by atoms with Crippen LogP contribution in [0.25, 0.3) is 0 Å². The molecule has 0 aliphatic carbocycles. The lowest BCUT2D eigenvalue weighted by Crippen LogP contribution is -2.35. The molecule has 0 amide bonds. The van der Waals surface area contributed by atoms with Gasteiger partial charge in [-0.3, -0.25) is 0 Å². The van der Waals surface area contributed by atoms with Gasteiger partial charge in [0.1, 0.15) is 11.6 Å². The van der Waals surface area contributed by atoms with Crippen molar-refractivity contribution in [3.05, 3.63) is 83.4 Å². The Kier molecular flexibility index (Phi) is 6.25. The molecule has 0 aliphatic heterocycles. The van der Waals surface area contributed by atoms with Gasteiger partial charge < -0.3 is 4.74 Å². The van der Waals surface area contributed by atoms with Crippen LogP contribution in [0.5, 0.6) is 5.75 Å². The zero-order chi connectivity index (χ0) is 21.0. The number of aliphatic imine (C=N–C) groups is 1. The van der Waals surface area contributed by atoms with Crippen molar-refractivity contribution in [3.63, 3.8) is 0 Å². The summed E-state index contributed by atoms with van der Waals surface area (Å²) in [7, 11) is -2.32. The van der Waals surface area contributed by atoms with Crippen LogP contribution in [-0.2, 0) is 10.0 Å². The van der Waals surface area contributed by atoms with Crippen molar-refractivity contribution in [3.8, 4) is 5.75 Å². The highest BCUT2D eigenvalue weighted by Gasteiger charge is 2.27. The molecule has 0 unspecified atom stereocenters. The van der Waals surface area contributed by atoms with E-state index in [0.29, 0.717) is 28.0 Å². The van der Waals surface area contributed by atoms with Gasteiger partial charge in [0.2, 0.25) is 0 Å². The van der Waals surface area contributed by atoms with Gasteiger partial charge in [0.25, 0.3) is 10.0 Å². The minimum absolute atomic E-state index is 0.185. The molecule has 0 saturated carbocycles. The fraction of sp³-hybridized carbons (Fsp3) is 0.136. The van der Waals surface area contributed by atoms with E-state index in [1.54, 1.807) is 86.8 Å². The van der Waals surface area contributed by atoms with E-state index in [4.69, 9.17) is 16.3 Å². The Morgan fingerprint density at radius 2 is 1.52 bits per heavy atom. The maximum absolute atomic E-state index is 13.5. The maximum atomic E-state index is 13.5. The molecule has 0 N–H and O–H groups in total. The molecule has 0 aromatic heterocycles. The predicted molar refractivity (Wildman–Crippen MR) is 118 cm³/mol. The highest BCUT2D eigenvalue weighted by Crippen LogP contribution is 2.28. The van der Waals surface area contributed by atoms with Crippen molar-refractivity contribution in [2.45, 2.75) is 18.7 Å². The quantitative estimate of drug-likeness (QED) is 0.392. The molecule has 0 saturated heterocycles. The van der Waals surface area contributed by atoms with Gasteiger partial charge >= 0.3 is 0 Å². The van der Waals surface area contributed by atoms with E-state index in [9.17, 15) is 8.42 Å². The zero-order valence-electron chi connectivity index (χ0n) is 16.3. The average molecular weight is 429 g/mol. The number of benzene rings is 3. The SMILES string of the molecule is COc1ccc(N(C(C)=Nc2ccc(Cl)cc2)S(=O)(=O)c2ccc(C)cc2)cc1. The summed E-state index contributed by atoms with van der Waals surface area (Å²) in [5.41, 5.74) is 2.04. The predicted octanol–water partition coefficient (Wildman–Crippen LogP) is 5.60. The van der Waals surface area contributed by atoms with Crippen molar-refractivity contribution in [2.75, 3.05) is 11.4 Å². The Hall–Kier alpha value is -2.83. The summed E-state index contributed by atoms with van der Waals surface area (Å²) in [6, 6.07) is 20.4. The topological polar surface area (TPSA) is 59.0 Å². The fourth-order valence-corrected chi connectivity index (χ4v) is 4.39. The summed E-state index contributed by atoms with van der Waals surface area (Å²) in [4.78, 5) is 4.69. The summed E-state index contributed by atoms with van der Waals surface area (Å²) in [5.74, 6) is 0.937. The van der Waals surface area contributed by atoms with Crippen LogP contribution in [0.2, 0.25) is 5.02 Å². The van der Waals surface area contributed by atoms with Gasteiger partial charge in [-0.1, -0.05) is 29.3 Å². The highest BCUT2D eigenvalue weighted by molar-refractivity contribution is 7.93. The number of methoxy groups -OCH3 is 1. The fourth-order valence-electron chi connectivity index (χ4n) is 2.78. The monoisotopic (exact) mass is 428 g/mol. The second-order valence-corrected chi connectivity index (χ2v) is 8.64. The first-order valence-corrected chi connectivity index (χ1v) is 10.7. The number of sulfonamides is 1. The highest BCUT2D eigenvalue weighted by atomic mass is 35.5. The molecule has 3 rings (SSSR count). The standard InChI is InChI=1S/C22H21ClN2O3S/c1-16-4-14-22(15-5-16)29(26,27)25(20-10-12-21(28-3)13-11-20)17(2)24-19-8-6-18(23)7-9-19/h4-15H,1-3H3. The van der Waals surface area contributed by atoms with Gasteiger partial charge in [-0.15, -0.1) is 0 Å². The van der Waals surface area contributed by atoms with Gasteiger partial charge in [-0.25, -0.2) is 17.7 Å². The van der Waals surface area contributed by atoms with Crippen molar-refractivity contribution >= 4 is 38.8 Å². The molecule has 0 heterocycles. The number of ether oxygens (including phenoxy) is 1. The Balaban J connectivity index is 2.12. The first kappa shape index (κ1) is 20.9. The first-order chi connectivity index (χ1) is 13.8. The van der Waals surface area contributed by atoms with Crippen LogP contribution < -0.4 is 9.04 Å². The van der Waals surface area contributed by atoms with E-state index in [1.807, 2.05) is 6.92 Å². The number of amidine groups is 1. The summed E-state index contributed by atoms with van der Waals surface area (Å²) in [6.45, 7) is 3.56. The number of hydrogen-bond acceptors (Lipinski definition) is 4. The number of rotatable bonds is 5. The number of halogens is 1. The largest absolute Gasteiger partial charge is 0.497 e. The Morgan fingerprint density at radius 1 is 0.931 bits per heavy atom. The second kappa shape index (κ2) is 8.68. The summed E-state index contributed by atoms with van der Waals surface area (Å²) >= 11 is 5.93. The third-order valence-corrected chi connectivity index (χ3v) is 6.35. The molecule has 0 fully saturated rings. The van der Waals surface area contributed by atoms with E-state index in [0.717, 1.165) is 5.56 Å². The maximum Gasteiger partial charge on any atom is 0.269 e. The lowest BCUT2D eigenvalue weighted by atomic mass is 10.2. The molecule has 7 heteroatoms. The molecule has 3 aromatic carbocycles. The van der Waals surface area contributed by atoms with Crippen LogP contribution in [0.3, 0.4) is 0 Å². The minimum atomic E-state index is -3.88. The number of nitrogens with zero attached hydrogens (tertiary/aromatic N) is 2. The first-order valence-electron chi connectivity index (χ1n) is 8.88.